The highest BCUT2D eigenvalue weighted by atomic mass is 16.2. The van der Waals surface area contributed by atoms with Crippen molar-refractivity contribution in [3.8, 4) is 0 Å². The first-order valence-electron chi connectivity index (χ1n) is 6.21. The lowest BCUT2D eigenvalue weighted by Crippen LogP contribution is -2.34. The molecule has 1 aliphatic heterocycles. The standard InChI is InChI=1S/C12H18N2O3/c1-13-10(15)6-7-14-11(16)8-4-2-3-5-9(8)12(14)17/h8-9H,2-7H2,1H3,(H,13,15). The van der Waals surface area contributed by atoms with Crippen LogP contribution in [0.4, 0.5) is 0 Å². The molecule has 1 N–H and O–H groups in total. The molecule has 2 unspecified atom stereocenters. The third kappa shape index (κ3) is 2.18. The maximum atomic E-state index is 12.0. The van der Waals surface area contributed by atoms with Crippen molar-refractivity contribution in [1.29, 1.82) is 0 Å². The highest BCUT2D eigenvalue weighted by Gasteiger charge is 2.47. The van der Waals surface area contributed by atoms with Crippen molar-refractivity contribution in [2.45, 2.75) is 32.1 Å². The fourth-order valence-corrected chi connectivity index (χ4v) is 2.79. The first kappa shape index (κ1) is 12.1. The van der Waals surface area contributed by atoms with E-state index in [1.807, 2.05) is 0 Å². The van der Waals surface area contributed by atoms with Gasteiger partial charge in [0.15, 0.2) is 0 Å². The van der Waals surface area contributed by atoms with Crippen LogP contribution >= 0.6 is 0 Å². The molecule has 2 rings (SSSR count). The third-order valence-corrected chi connectivity index (χ3v) is 3.77. The molecule has 17 heavy (non-hydrogen) atoms. The Morgan fingerprint density at radius 3 is 2.24 bits per heavy atom. The molecular formula is C12H18N2O3. The molecule has 5 heteroatoms. The summed E-state index contributed by atoms with van der Waals surface area (Å²) in [6.45, 7) is 0.227. The normalized spacial score (nSPS) is 28.2. The number of imide groups is 1. The number of amides is 3. The number of rotatable bonds is 3. The summed E-state index contributed by atoms with van der Waals surface area (Å²) < 4.78 is 0. The van der Waals surface area contributed by atoms with E-state index in [0.29, 0.717) is 0 Å². The fraction of sp³-hybridized carbons (Fsp3) is 0.750. The zero-order valence-electron chi connectivity index (χ0n) is 10.1. The molecule has 3 amide bonds. The number of carbonyl (C=O) groups is 3. The number of carbonyl (C=O) groups excluding carboxylic acids is 3. The molecule has 0 aromatic carbocycles. The second-order valence-electron chi connectivity index (χ2n) is 4.75. The van der Waals surface area contributed by atoms with E-state index in [2.05, 4.69) is 5.32 Å². The summed E-state index contributed by atoms with van der Waals surface area (Å²) in [6, 6.07) is 0. The molecule has 0 aromatic rings. The van der Waals surface area contributed by atoms with Crippen LogP contribution in [-0.4, -0.2) is 36.2 Å². The Hall–Kier alpha value is -1.39. The number of nitrogens with one attached hydrogen (secondary N) is 1. The number of hydrogen-bond donors (Lipinski definition) is 1. The lowest BCUT2D eigenvalue weighted by atomic mass is 9.81. The van der Waals surface area contributed by atoms with Crippen LogP contribution in [0, 0.1) is 11.8 Å². The molecule has 2 fully saturated rings. The fourth-order valence-electron chi connectivity index (χ4n) is 2.79. The first-order valence-corrected chi connectivity index (χ1v) is 6.21. The summed E-state index contributed by atoms with van der Waals surface area (Å²) in [6.07, 6.45) is 3.91. The largest absolute Gasteiger partial charge is 0.359 e. The summed E-state index contributed by atoms with van der Waals surface area (Å²) in [7, 11) is 1.55. The SMILES string of the molecule is CNC(=O)CCN1C(=O)C2CCCCC2C1=O. The van der Waals surface area contributed by atoms with Gasteiger partial charge in [0, 0.05) is 20.0 Å². The molecule has 2 atom stereocenters. The molecule has 0 aromatic heterocycles. The number of fused-ring (bicyclic) bond motifs is 1. The highest BCUT2D eigenvalue weighted by Crippen LogP contribution is 2.37. The van der Waals surface area contributed by atoms with Crippen LogP contribution in [0.15, 0.2) is 0 Å². The molecule has 2 aliphatic rings. The Labute approximate surface area is 101 Å². The van der Waals surface area contributed by atoms with E-state index in [4.69, 9.17) is 0 Å². The van der Waals surface area contributed by atoms with Crippen LogP contribution in [0.2, 0.25) is 0 Å². The van der Waals surface area contributed by atoms with Gasteiger partial charge in [-0.3, -0.25) is 19.3 Å². The predicted molar refractivity (Wildman–Crippen MR) is 60.9 cm³/mol. The molecule has 0 radical (unpaired) electrons. The van der Waals surface area contributed by atoms with Crippen molar-refractivity contribution in [1.82, 2.24) is 10.2 Å². The second kappa shape index (κ2) is 4.85. The Morgan fingerprint density at radius 1 is 1.24 bits per heavy atom. The van der Waals surface area contributed by atoms with Crippen molar-refractivity contribution in [2.75, 3.05) is 13.6 Å². The summed E-state index contributed by atoms with van der Waals surface area (Å²) >= 11 is 0. The maximum Gasteiger partial charge on any atom is 0.233 e. The molecule has 1 saturated heterocycles. The van der Waals surface area contributed by atoms with Crippen LogP contribution in [-0.2, 0) is 14.4 Å². The van der Waals surface area contributed by atoms with Gasteiger partial charge in [-0.2, -0.15) is 0 Å². The summed E-state index contributed by atoms with van der Waals surface area (Å²) in [4.78, 5) is 36.5. The van der Waals surface area contributed by atoms with E-state index >= 15 is 0 Å². The van der Waals surface area contributed by atoms with Crippen LogP contribution in [0.3, 0.4) is 0 Å². The van der Waals surface area contributed by atoms with E-state index in [1.54, 1.807) is 7.05 Å². The van der Waals surface area contributed by atoms with Gasteiger partial charge in [-0.1, -0.05) is 12.8 Å². The van der Waals surface area contributed by atoms with Gasteiger partial charge in [0.1, 0.15) is 0 Å². The van der Waals surface area contributed by atoms with E-state index in [9.17, 15) is 14.4 Å². The minimum atomic E-state index is -0.138. The van der Waals surface area contributed by atoms with Crippen LogP contribution in [0.5, 0.6) is 0 Å². The average molecular weight is 238 g/mol. The summed E-state index contributed by atoms with van der Waals surface area (Å²) in [5, 5.41) is 2.49. The third-order valence-electron chi connectivity index (χ3n) is 3.77. The molecule has 1 aliphatic carbocycles. The van der Waals surface area contributed by atoms with E-state index in [0.717, 1.165) is 25.7 Å². The zero-order chi connectivity index (χ0) is 12.4. The van der Waals surface area contributed by atoms with Crippen LogP contribution < -0.4 is 5.32 Å². The molecule has 1 saturated carbocycles. The minimum Gasteiger partial charge on any atom is -0.359 e. The van der Waals surface area contributed by atoms with E-state index in [1.165, 1.54) is 4.90 Å². The van der Waals surface area contributed by atoms with Gasteiger partial charge < -0.3 is 5.32 Å². The number of likely N-dealkylation sites (tertiary alicyclic amines) is 1. The smallest absolute Gasteiger partial charge is 0.233 e. The van der Waals surface area contributed by atoms with Crippen molar-refractivity contribution >= 4 is 17.7 Å². The number of hydrogen-bond acceptors (Lipinski definition) is 3. The molecule has 0 spiro atoms. The monoisotopic (exact) mass is 238 g/mol. The van der Waals surface area contributed by atoms with Gasteiger partial charge in [-0.25, -0.2) is 0 Å². The Kier molecular flexibility index (Phi) is 3.45. The van der Waals surface area contributed by atoms with Crippen molar-refractivity contribution in [2.24, 2.45) is 11.8 Å². The Balaban J connectivity index is 2.00. The Morgan fingerprint density at radius 2 is 1.76 bits per heavy atom. The average Bonchev–Trinajstić information content (AvgIpc) is 2.60. The molecule has 1 heterocycles. The maximum absolute atomic E-state index is 12.0. The zero-order valence-corrected chi connectivity index (χ0v) is 10.1. The molecule has 0 bridgehead atoms. The number of nitrogens with zero attached hydrogens (tertiary/aromatic N) is 1. The molecule has 94 valence electrons. The van der Waals surface area contributed by atoms with Gasteiger partial charge in [0.05, 0.1) is 11.8 Å². The highest BCUT2D eigenvalue weighted by molar-refractivity contribution is 6.05. The first-order chi connectivity index (χ1) is 8.15. The lowest BCUT2D eigenvalue weighted by Gasteiger charge is -2.19. The molecule has 5 nitrogen and oxygen atoms in total. The second-order valence-corrected chi connectivity index (χ2v) is 4.75. The Bertz CT molecular complexity index is 330. The van der Waals surface area contributed by atoms with Gasteiger partial charge in [0.2, 0.25) is 17.7 Å². The van der Waals surface area contributed by atoms with Crippen molar-refractivity contribution in [3.05, 3.63) is 0 Å². The van der Waals surface area contributed by atoms with Gasteiger partial charge in [-0.15, -0.1) is 0 Å². The van der Waals surface area contributed by atoms with Crippen molar-refractivity contribution in [3.63, 3.8) is 0 Å². The van der Waals surface area contributed by atoms with Crippen molar-refractivity contribution < 1.29 is 14.4 Å². The van der Waals surface area contributed by atoms with E-state index in [-0.39, 0.29) is 42.5 Å². The summed E-state index contributed by atoms with van der Waals surface area (Å²) in [5.74, 6) is -0.491. The van der Waals surface area contributed by atoms with Gasteiger partial charge in [-0.05, 0) is 12.8 Å². The predicted octanol–water partition coefficient (Wildman–Crippen LogP) is 0.298. The van der Waals surface area contributed by atoms with Gasteiger partial charge >= 0.3 is 0 Å². The van der Waals surface area contributed by atoms with Crippen LogP contribution in [0.1, 0.15) is 32.1 Å². The summed E-state index contributed by atoms with van der Waals surface area (Å²) in [5.41, 5.74) is 0. The minimum absolute atomic E-state index is 0.0661. The molecular weight excluding hydrogens is 220 g/mol. The van der Waals surface area contributed by atoms with Gasteiger partial charge in [0.25, 0.3) is 0 Å². The lowest BCUT2D eigenvalue weighted by molar-refractivity contribution is -0.140. The van der Waals surface area contributed by atoms with Crippen LogP contribution in [0.25, 0.3) is 0 Å². The van der Waals surface area contributed by atoms with E-state index < -0.39 is 0 Å². The quantitative estimate of drug-likeness (QED) is 0.719. The topological polar surface area (TPSA) is 66.5 Å².